The van der Waals surface area contributed by atoms with Gasteiger partial charge in [-0.1, -0.05) is 18.2 Å². The number of hydrogen-bond donors (Lipinski definition) is 2. The van der Waals surface area contributed by atoms with E-state index in [1.165, 1.54) is 0 Å². The number of carboxylic acids is 1. The zero-order valence-corrected chi connectivity index (χ0v) is 14.9. The highest BCUT2D eigenvalue weighted by atomic mass is 16.7. The van der Waals surface area contributed by atoms with Crippen molar-refractivity contribution in [2.24, 2.45) is 11.7 Å². The summed E-state index contributed by atoms with van der Waals surface area (Å²) in [6.45, 7) is 4.39. The molecule has 0 aliphatic carbocycles. The molecular formula is C19H28N2O4. The van der Waals surface area contributed by atoms with E-state index in [2.05, 4.69) is 11.1 Å². The molecular weight excluding hydrogens is 320 g/mol. The van der Waals surface area contributed by atoms with Gasteiger partial charge in [-0.15, -0.1) is 0 Å². The molecule has 0 spiro atoms. The van der Waals surface area contributed by atoms with Crippen molar-refractivity contribution in [3.05, 3.63) is 42.2 Å². The Labute approximate surface area is 149 Å². The van der Waals surface area contributed by atoms with Crippen molar-refractivity contribution in [2.45, 2.75) is 57.5 Å². The summed E-state index contributed by atoms with van der Waals surface area (Å²) in [6.07, 6.45) is 7.67. The molecule has 6 nitrogen and oxygen atoms in total. The van der Waals surface area contributed by atoms with Gasteiger partial charge in [-0.05, 0) is 45.2 Å². The lowest BCUT2D eigenvalue weighted by Crippen LogP contribution is -2.55. The van der Waals surface area contributed by atoms with Crippen molar-refractivity contribution < 1.29 is 19.4 Å². The SMILES string of the molecule is C[C@@H]1OC[C@H](C/C=C\CCCC(=O)O)[C@H](C(C)(N)c2ccccn2)O1. The third-order valence-electron chi connectivity index (χ3n) is 4.49. The Balaban J connectivity index is 2.00. The minimum absolute atomic E-state index is 0.115. The monoisotopic (exact) mass is 348 g/mol. The van der Waals surface area contributed by atoms with Gasteiger partial charge in [0.1, 0.15) is 0 Å². The molecule has 0 saturated carbocycles. The van der Waals surface area contributed by atoms with E-state index in [-0.39, 0.29) is 24.7 Å². The molecule has 6 heteroatoms. The highest BCUT2D eigenvalue weighted by molar-refractivity contribution is 5.66. The summed E-state index contributed by atoms with van der Waals surface area (Å²) < 4.78 is 11.7. The molecule has 0 radical (unpaired) electrons. The molecule has 0 amide bonds. The molecule has 25 heavy (non-hydrogen) atoms. The number of ether oxygens (including phenoxy) is 2. The van der Waals surface area contributed by atoms with Crippen LogP contribution in [0.5, 0.6) is 0 Å². The summed E-state index contributed by atoms with van der Waals surface area (Å²) in [5.41, 5.74) is 6.69. The fourth-order valence-electron chi connectivity index (χ4n) is 3.11. The van der Waals surface area contributed by atoms with Gasteiger partial charge in [0.25, 0.3) is 0 Å². The molecule has 0 aromatic carbocycles. The van der Waals surface area contributed by atoms with Crippen LogP contribution >= 0.6 is 0 Å². The molecule has 1 saturated heterocycles. The first-order valence-electron chi connectivity index (χ1n) is 8.75. The highest BCUT2D eigenvalue weighted by Crippen LogP contribution is 2.33. The van der Waals surface area contributed by atoms with Crippen LogP contribution in [0.2, 0.25) is 0 Å². The molecule has 1 aromatic heterocycles. The van der Waals surface area contributed by atoms with Gasteiger partial charge in [0.15, 0.2) is 6.29 Å². The number of hydrogen-bond acceptors (Lipinski definition) is 5. The lowest BCUT2D eigenvalue weighted by molar-refractivity contribution is -0.243. The zero-order valence-electron chi connectivity index (χ0n) is 14.9. The van der Waals surface area contributed by atoms with Gasteiger partial charge in [0, 0.05) is 18.5 Å². The smallest absolute Gasteiger partial charge is 0.303 e. The number of nitrogens with zero attached hydrogens (tertiary/aromatic N) is 1. The fraction of sp³-hybridized carbons (Fsp3) is 0.579. The Hall–Kier alpha value is -1.76. The van der Waals surface area contributed by atoms with Crippen molar-refractivity contribution in [1.29, 1.82) is 0 Å². The summed E-state index contributed by atoms with van der Waals surface area (Å²) in [6, 6.07) is 5.71. The van der Waals surface area contributed by atoms with Crippen LogP contribution < -0.4 is 5.73 Å². The van der Waals surface area contributed by atoms with Crippen LogP contribution in [0.1, 0.15) is 45.2 Å². The summed E-state index contributed by atoms with van der Waals surface area (Å²) in [4.78, 5) is 14.9. The van der Waals surface area contributed by atoms with E-state index in [9.17, 15) is 4.79 Å². The van der Waals surface area contributed by atoms with Crippen LogP contribution in [0.4, 0.5) is 0 Å². The minimum Gasteiger partial charge on any atom is -0.481 e. The number of aromatic nitrogens is 1. The Morgan fingerprint density at radius 1 is 1.48 bits per heavy atom. The van der Waals surface area contributed by atoms with Crippen molar-refractivity contribution in [1.82, 2.24) is 4.98 Å². The standard InChI is InChI=1S/C19H28N2O4/c1-14-24-13-15(9-5-3-4-6-11-17(22)23)18(25-14)19(2,20)16-10-7-8-12-21-16/h3,5,7-8,10,12,14-15,18H,4,6,9,11,13,20H2,1-2H3,(H,22,23)/b5-3-/t14-,15+,18-,19?/m1/s1. The fourth-order valence-corrected chi connectivity index (χ4v) is 3.11. The quantitative estimate of drug-likeness (QED) is 0.554. The molecule has 1 aromatic rings. The number of carbonyl (C=O) groups is 1. The van der Waals surface area contributed by atoms with Crippen molar-refractivity contribution in [3.63, 3.8) is 0 Å². The first kappa shape index (κ1) is 19.6. The Kier molecular flexibility index (Phi) is 7.11. The van der Waals surface area contributed by atoms with Gasteiger partial charge >= 0.3 is 5.97 Å². The molecule has 1 unspecified atom stereocenters. The lowest BCUT2D eigenvalue weighted by Gasteiger charge is -2.43. The molecule has 1 aliphatic rings. The molecule has 3 N–H and O–H groups in total. The van der Waals surface area contributed by atoms with Crippen LogP contribution in [0.25, 0.3) is 0 Å². The van der Waals surface area contributed by atoms with E-state index in [0.29, 0.717) is 13.0 Å². The predicted octanol–water partition coefficient (Wildman–Crippen LogP) is 2.83. The number of carboxylic acid groups (broad SMARTS) is 1. The van der Waals surface area contributed by atoms with Crippen LogP contribution in [-0.4, -0.2) is 35.1 Å². The zero-order chi connectivity index (χ0) is 18.3. The topological polar surface area (TPSA) is 94.7 Å². The summed E-state index contributed by atoms with van der Waals surface area (Å²) in [5.74, 6) is -0.644. The Morgan fingerprint density at radius 3 is 2.96 bits per heavy atom. The van der Waals surface area contributed by atoms with Crippen LogP contribution in [-0.2, 0) is 19.8 Å². The van der Waals surface area contributed by atoms with Crippen LogP contribution in [0.15, 0.2) is 36.5 Å². The second-order valence-corrected chi connectivity index (χ2v) is 6.71. The van der Waals surface area contributed by atoms with E-state index >= 15 is 0 Å². The summed E-state index contributed by atoms with van der Waals surface area (Å²) in [5, 5.41) is 8.65. The van der Waals surface area contributed by atoms with Gasteiger partial charge in [0.05, 0.1) is 23.9 Å². The maximum atomic E-state index is 10.5. The number of unbranched alkanes of at least 4 members (excludes halogenated alkanes) is 1. The van der Waals surface area contributed by atoms with Gasteiger partial charge in [-0.25, -0.2) is 0 Å². The summed E-state index contributed by atoms with van der Waals surface area (Å²) >= 11 is 0. The van der Waals surface area contributed by atoms with E-state index in [4.69, 9.17) is 20.3 Å². The van der Waals surface area contributed by atoms with Crippen molar-refractivity contribution in [3.8, 4) is 0 Å². The van der Waals surface area contributed by atoms with Crippen LogP contribution in [0, 0.1) is 5.92 Å². The van der Waals surface area contributed by atoms with Gasteiger partial charge in [-0.3, -0.25) is 9.78 Å². The third-order valence-corrected chi connectivity index (χ3v) is 4.49. The second-order valence-electron chi connectivity index (χ2n) is 6.71. The summed E-state index contributed by atoms with van der Waals surface area (Å²) in [7, 11) is 0. The minimum atomic E-state index is -0.759. The van der Waals surface area contributed by atoms with E-state index < -0.39 is 11.5 Å². The first-order chi connectivity index (χ1) is 11.9. The largest absolute Gasteiger partial charge is 0.481 e. The molecule has 2 rings (SSSR count). The average molecular weight is 348 g/mol. The number of rotatable bonds is 8. The molecule has 1 aliphatic heterocycles. The number of nitrogens with two attached hydrogens (primary N) is 1. The normalized spacial score (nSPS) is 26.4. The van der Waals surface area contributed by atoms with Crippen LogP contribution in [0.3, 0.4) is 0 Å². The lowest BCUT2D eigenvalue weighted by atomic mass is 9.81. The van der Waals surface area contributed by atoms with E-state index in [1.54, 1.807) is 6.20 Å². The van der Waals surface area contributed by atoms with E-state index in [1.807, 2.05) is 38.1 Å². The molecule has 0 bridgehead atoms. The van der Waals surface area contributed by atoms with Gasteiger partial charge in [0.2, 0.25) is 0 Å². The molecule has 138 valence electrons. The van der Waals surface area contributed by atoms with Crippen molar-refractivity contribution in [2.75, 3.05) is 6.61 Å². The molecule has 4 atom stereocenters. The number of aliphatic carboxylic acids is 1. The number of allylic oxidation sites excluding steroid dienone is 2. The van der Waals surface area contributed by atoms with Gasteiger partial charge < -0.3 is 20.3 Å². The second kappa shape index (κ2) is 9.08. The Morgan fingerprint density at radius 2 is 2.28 bits per heavy atom. The van der Waals surface area contributed by atoms with Crippen molar-refractivity contribution >= 4 is 5.97 Å². The molecule has 1 fully saturated rings. The predicted molar refractivity (Wildman–Crippen MR) is 94.8 cm³/mol. The number of pyridine rings is 1. The van der Waals surface area contributed by atoms with Gasteiger partial charge in [-0.2, -0.15) is 0 Å². The maximum absolute atomic E-state index is 10.5. The Bertz CT molecular complexity index is 574. The molecule has 2 heterocycles. The first-order valence-corrected chi connectivity index (χ1v) is 8.75. The third kappa shape index (κ3) is 5.63. The average Bonchev–Trinajstić information content (AvgIpc) is 2.59. The highest BCUT2D eigenvalue weighted by Gasteiger charge is 2.42. The maximum Gasteiger partial charge on any atom is 0.303 e. The van der Waals surface area contributed by atoms with E-state index in [0.717, 1.165) is 18.5 Å².